The molecule has 1 aliphatic heterocycles. The van der Waals surface area contributed by atoms with Crippen molar-refractivity contribution in [3.63, 3.8) is 0 Å². The van der Waals surface area contributed by atoms with Crippen LogP contribution in [0.25, 0.3) is 0 Å². The molecule has 1 aromatic rings. The van der Waals surface area contributed by atoms with Crippen LogP contribution >= 0.6 is 24.0 Å². The Kier molecular flexibility index (Phi) is 9.99. The van der Waals surface area contributed by atoms with Gasteiger partial charge in [0, 0.05) is 33.2 Å². The fourth-order valence-electron chi connectivity index (χ4n) is 2.99. The van der Waals surface area contributed by atoms with Gasteiger partial charge in [-0.05, 0) is 31.9 Å². The molecule has 2 atom stereocenters. The van der Waals surface area contributed by atoms with E-state index in [-0.39, 0.29) is 41.9 Å². The minimum Gasteiger partial charge on any atom is -0.373 e. The Hall–Kier alpha value is -0.910. The Morgan fingerprint density at radius 3 is 2.44 bits per heavy atom. The van der Waals surface area contributed by atoms with E-state index in [0.717, 1.165) is 0 Å². The second-order valence-electron chi connectivity index (χ2n) is 6.67. The number of aryl methyl sites for hydroxylation is 1. The molecule has 1 fully saturated rings. The van der Waals surface area contributed by atoms with E-state index in [2.05, 4.69) is 34.7 Å². The average molecular weight is 510 g/mol. The first-order chi connectivity index (χ1) is 12.3. The van der Waals surface area contributed by atoms with Crippen molar-refractivity contribution in [1.29, 1.82) is 0 Å². The number of rotatable bonds is 6. The van der Waals surface area contributed by atoms with Gasteiger partial charge in [0.2, 0.25) is 10.0 Å². The van der Waals surface area contributed by atoms with Gasteiger partial charge in [0.1, 0.15) is 0 Å². The Balaban J connectivity index is 0.00000364. The third-order valence-electron chi connectivity index (χ3n) is 4.36. The molecule has 9 heteroatoms. The number of nitrogens with one attached hydrogen (secondary N) is 2. The third-order valence-corrected chi connectivity index (χ3v) is 6.17. The molecule has 0 saturated carbocycles. The van der Waals surface area contributed by atoms with Crippen molar-refractivity contribution in [3.8, 4) is 0 Å². The van der Waals surface area contributed by atoms with Crippen LogP contribution in [0.15, 0.2) is 29.3 Å². The lowest BCUT2D eigenvalue weighted by atomic mass is 10.1. The lowest BCUT2D eigenvalue weighted by Gasteiger charge is -2.34. The number of halogens is 1. The predicted octanol–water partition coefficient (Wildman–Crippen LogP) is 1.72. The van der Waals surface area contributed by atoms with Gasteiger partial charge in [0.15, 0.2) is 5.96 Å². The van der Waals surface area contributed by atoms with Crippen molar-refractivity contribution >= 4 is 40.0 Å². The van der Waals surface area contributed by atoms with Crippen LogP contribution in [0, 0.1) is 6.92 Å². The summed E-state index contributed by atoms with van der Waals surface area (Å²) in [5.41, 5.74) is 2.38. The number of nitrogens with zero attached hydrogens (tertiary/aromatic N) is 2. The van der Waals surface area contributed by atoms with E-state index in [1.54, 1.807) is 7.05 Å². The maximum atomic E-state index is 12.5. The molecule has 0 spiro atoms. The molecule has 1 heterocycles. The van der Waals surface area contributed by atoms with Gasteiger partial charge in [0.05, 0.1) is 18.0 Å². The van der Waals surface area contributed by atoms with Crippen LogP contribution in [0.1, 0.15) is 25.0 Å². The van der Waals surface area contributed by atoms with Crippen LogP contribution in [-0.4, -0.2) is 63.3 Å². The van der Waals surface area contributed by atoms with Crippen LogP contribution in [0.5, 0.6) is 0 Å². The van der Waals surface area contributed by atoms with Crippen LogP contribution < -0.4 is 10.6 Å². The van der Waals surface area contributed by atoms with Crippen molar-refractivity contribution < 1.29 is 13.2 Å². The Bertz CT molecular complexity index is 717. The van der Waals surface area contributed by atoms with Crippen LogP contribution in [0.3, 0.4) is 0 Å². The van der Waals surface area contributed by atoms with Gasteiger partial charge in [-0.15, -0.1) is 24.0 Å². The van der Waals surface area contributed by atoms with E-state index in [9.17, 15) is 8.42 Å². The molecule has 27 heavy (non-hydrogen) atoms. The summed E-state index contributed by atoms with van der Waals surface area (Å²) >= 11 is 0. The first-order valence-electron chi connectivity index (χ1n) is 8.94. The van der Waals surface area contributed by atoms with Gasteiger partial charge in [-0.2, -0.15) is 4.31 Å². The number of ether oxygens (including phenoxy) is 1. The van der Waals surface area contributed by atoms with Gasteiger partial charge in [-0.1, -0.05) is 24.3 Å². The topological polar surface area (TPSA) is 83.0 Å². The zero-order valence-corrected chi connectivity index (χ0v) is 19.6. The highest BCUT2D eigenvalue weighted by Gasteiger charge is 2.30. The average Bonchev–Trinajstić information content (AvgIpc) is 2.58. The molecular weight excluding hydrogens is 479 g/mol. The van der Waals surface area contributed by atoms with Gasteiger partial charge in [-0.25, -0.2) is 8.42 Å². The van der Waals surface area contributed by atoms with Gasteiger partial charge < -0.3 is 15.4 Å². The normalized spacial score (nSPS) is 21.4. The summed E-state index contributed by atoms with van der Waals surface area (Å²) in [7, 11) is -1.65. The molecule has 1 saturated heterocycles. The van der Waals surface area contributed by atoms with Crippen molar-refractivity contribution in [2.75, 3.05) is 32.4 Å². The summed E-state index contributed by atoms with van der Waals surface area (Å²) < 4.78 is 32.2. The van der Waals surface area contributed by atoms with E-state index in [4.69, 9.17) is 4.74 Å². The van der Waals surface area contributed by atoms with Gasteiger partial charge in [-0.3, -0.25) is 4.99 Å². The van der Waals surface area contributed by atoms with Crippen molar-refractivity contribution in [2.24, 2.45) is 4.99 Å². The fraction of sp³-hybridized carbons (Fsp3) is 0.611. The molecule has 0 bridgehead atoms. The maximum Gasteiger partial charge on any atom is 0.216 e. The van der Waals surface area contributed by atoms with E-state index >= 15 is 0 Å². The first-order valence-corrected chi connectivity index (χ1v) is 10.5. The zero-order valence-electron chi connectivity index (χ0n) is 16.4. The number of guanidine groups is 1. The van der Waals surface area contributed by atoms with Gasteiger partial charge in [0.25, 0.3) is 0 Å². The Morgan fingerprint density at radius 1 is 1.22 bits per heavy atom. The number of morpholine rings is 1. The molecule has 2 N–H and O–H groups in total. The van der Waals surface area contributed by atoms with E-state index < -0.39 is 10.0 Å². The quantitative estimate of drug-likeness (QED) is 0.346. The molecule has 0 radical (unpaired) electrons. The molecule has 7 nitrogen and oxygen atoms in total. The second kappa shape index (κ2) is 11.2. The highest BCUT2D eigenvalue weighted by Crippen LogP contribution is 2.14. The largest absolute Gasteiger partial charge is 0.373 e. The molecule has 0 amide bonds. The summed E-state index contributed by atoms with van der Waals surface area (Å²) in [5.74, 6) is 0.615. The molecule has 0 aliphatic carbocycles. The summed E-state index contributed by atoms with van der Waals surface area (Å²) in [4.78, 5) is 4.15. The summed E-state index contributed by atoms with van der Waals surface area (Å²) in [5, 5.41) is 6.30. The van der Waals surface area contributed by atoms with Crippen LogP contribution in [0.4, 0.5) is 0 Å². The van der Waals surface area contributed by atoms with Crippen molar-refractivity contribution in [3.05, 3.63) is 35.4 Å². The second-order valence-corrected chi connectivity index (χ2v) is 8.76. The van der Waals surface area contributed by atoms with Crippen LogP contribution in [0.2, 0.25) is 0 Å². The summed E-state index contributed by atoms with van der Waals surface area (Å²) in [6, 6.07) is 8.12. The van der Waals surface area contributed by atoms with Crippen molar-refractivity contribution in [2.45, 2.75) is 39.5 Å². The lowest BCUT2D eigenvalue weighted by Crippen LogP contribution is -2.50. The molecule has 154 valence electrons. The van der Waals surface area contributed by atoms with Crippen LogP contribution in [-0.2, 0) is 21.3 Å². The van der Waals surface area contributed by atoms with E-state index in [1.807, 2.05) is 26.0 Å². The smallest absolute Gasteiger partial charge is 0.216 e. The number of hydrogen-bond donors (Lipinski definition) is 2. The number of benzene rings is 1. The SMILES string of the molecule is CN=C(NCCS(=O)(=O)N1CC(C)OC(C)C1)NCc1ccccc1C.I. The maximum absolute atomic E-state index is 12.5. The van der Waals surface area contributed by atoms with Crippen molar-refractivity contribution in [1.82, 2.24) is 14.9 Å². The van der Waals surface area contributed by atoms with Gasteiger partial charge >= 0.3 is 0 Å². The number of sulfonamides is 1. The summed E-state index contributed by atoms with van der Waals surface area (Å²) in [6.45, 7) is 7.61. The highest BCUT2D eigenvalue weighted by molar-refractivity contribution is 14.0. The Labute approximate surface area is 180 Å². The summed E-state index contributed by atoms with van der Waals surface area (Å²) in [6.07, 6.45) is -0.157. The number of hydrogen-bond acceptors (Lipinski definition) is 4. The fourth-order valence-corrected chi connectivity index (χ4v) is 4.49. The minimum absolute atomic E-state index is 0. The van der Waals surface area contributed by atoms with E-state index in [1.165, 1.54) is 15.4 Å². The van der Waals surface area contributed by atoms with E-state index in [0.29, 0.717) is 32.1 Å². The number of aliphatic imine (C=N–C) groups is 1. The standard InChI is InChI=1S/C18H30N4O3S.HI/c1-14-7-5-6-8-17(14)11-21-18(19-4)20-9-10-26(23,24)22-12-15(2)25-16(3)13-22;/h5-8,15-16H,9-13H2,1-4H3,(H2,19,20,21);1H. The molecule has 2 rings (SSSR count). The molecule has 0 aromatic heterocycles. The zero-order chi connectivity index (χ0) is 19.2. The Morgan fingerprint density at radius 2 is 1.85 bits per heavy atom. The lowest BCUT2D eigenvalue weighted by molar-refractivity contribution is -0.0440. The predicted molar refractivity (Wildman–Crippen MR) is 120 cm³/mol. The molecule has 2 unspecified atom stereocenters. The molecular formula is C18H31IN4O3S. The minimum atomic E-state index is -3.32. The molecule has 1 aliphatic rings. The highest BCUT2D eigenvalue weighted by atomic mass is 127. The monoisotopic (exact) mass is 510 g/mol. The first kappa shape index (κ1) is 24.1. The third kappa shape index (κ3) is 7.55. The molecule has 1 aromatic carbocycles.